The van der Waals surface area contributed by atoms with E-state index in [-0.39, 0.29) is 11.0 Å². The first-order chi connectivity index (χ1) is 3.42. The quantitative estimate of drug-likeness (QED) is 0.584. The molecule has 9 heavy (non-hydrogen) atoms. The smallest absolute Gasteiger partial charge is 0.0149 e. The van der Waals surface area contributed by atoms with Crippen LogP contribution in [0.4, 0.5) is 0 Å². The van der Waals surface area contributed by atoms with E-state index in [4.69, 9.17) is 0 Å². The van der Waals surface area contributed by atoms with Crippen LogP contribution in [0.25, 0.3) is 0 Å². The second-order valence-electron chi connectivity index (χ2n) is 3.38. The van der Waals surface area contributed by atoms with Crippen molar-refractivity contribution in [2.75, 3.05) is 0 Å². The summed E-state index contributed by atoms with van der Waals surface area (Å²) in [5.41, 5.74) is 0.346. The van der Waals surface area contributed by atoms with Gasteiger partial charge in [0.05, 0.1) is 0 Å². The molecule has 0 heterocycles. The minimum Gasteiger partial charge on any atom is -0.0149 e. The Morgan fingerprint density at radius 3 is 1.44 bits per heavy atom. The average molecular weight is 182 g/mol. The van der Waals surface area contributed by atoms with Crippen LogP contribution in [-0.4, -0.2) is 16.5 Å². The fourth-order valence-electron chi connectivity index (χ4n) is 0.750. The molecule has 0 radical (unpaired) electrons. The Morgan fingerprint density at radius 2 is 1.44 bits per heavy atom. The van der Waals surface area contributed by atoms with E-state index >= 15 is 0 Å². The normalized spacial score (nSPS) is 10.3. The Hall–Kier alpha value is 0.891. The van der Waals surface area contributed by atoms with Gasteiger partial charge in [-0.15, -0.1) is 0 Å². The predicted molar refractivity (Wildman–Crippen MR) is 46.0 cm³/mol. The van der Waals surface area contributed by atoms with Crippen molar-refractivity contribution >= 4 is 11.0 Å². The molecule has 0 aliphatic heterocycles. The Labute approximate surface area is 69.8 Å². The van der Waals surface area contributed by atoms with E-state index in [1.807, 2.05) is 0 Å². The zero-order chi connectivity index (χ0) is 6.78. The van der Waals surface area contributed by atoms with Crippen LogP contribution in [0.1, 0.15) is 20.8 Å². The monoisotopic (exact) mass is 182 g/mol. The van der Waals surface area contributed by atoms with E-state index in [2.05, 4.69) is 35.0 Å². The summed E-state index contributed by atoms with van der Waals surface area (Å²) in [4.78, 5) is 0. The Kier molecular flexibility index (Phi) is 6.51. The van der Waals surface area contributed by atoms with Gasteiger partial charge in [-0.2, -0.15) is 0 Å². The summed E-state index contributed by atoms with van der Waals surface area (Å²) in [5, 5.41) is 4.65. The summed E-state index contributed by atoms with van der Waals surface area (Å²) in [6.45, 7) is 6.65. The molecule has 0 fully saturated rings. The maximum Gasteiger partial charge on any atom is -0.0149 e. The van der Waals surface area contributed by atoms with Crippen molar-refractivity contribution in [2.45, 2.75) is 36.8 Å². The van der Waals surface area contributed by atoms with E-state index in [0.29, 0.717) is 5.54 Å². The molecule has 0 aliphatic carbocycles. The third-order valence-corrected chi connectivity index (χ3v) is 2.58. The zero-order valence-electron chi connectivity index (χ0n) is 6.50. The number of hydrogen-bond acceptors (Lipinski definition) is 1. The van der Waals surface area contributed by atoms with Gasteiger partial charge in [0.2, 0.25) is 0 Å². The van der Waals surface area contributed by atoms with E-state index < -0.39 is 18.1 Å². The van der Waals surface area contributed by atoms with Gasteiger partial charge in [0.15, 0.2) is 0 Å². The van der Waals surface area contributed by atoms with Crippen LogP contribution in [0.3, 0.4) is 0 Å². The van der Waals surface area contributed by atoms with Crippen molar-refractivity contribution in [1.82, 2.24) is 3.80 Å². The molecule has 0 bridgehead atoms. The van der Waals surface area contributed by atoms with Gasteiger partial charge in [0.1, 0.15) is 0 Å². The SMILES string of the molecule is [CH3][Ti]([CH3])[NH]C(C)(C)C.[SiH4]. The van der Waals surface area contributed by atoms with Gasteiger partial charge in [0, 0.05) is 0 Å². The fourth-order valence-corrected chi connectivity index (χ4v) is 3.09. The van der Waals surface area contributed by atoms with Crippen molar-refractivity contribution in [2.24, 2.45) is 0 Å². The van der Waals surface area contributed by atoms with Crippen molar-refractivity contribution in [3.8, 4) is 0 Å². The summed E-state index contributed by atoms with van der Waals surface area (Å²) in [7, 11) is 0. The molecule has 0 aliphatic rings. The molecule has 1 N–H and O–H groups in total. The van der Waals surface area contributed by atoms with E-state index in [0.717, 1.165) is 0 Å². The largest absolute Gasteiger partial charge is 0.0149 e. The van der Waals surface area contributed by atoms with Gasteiger partial charge in [0.25, 0.3) is 0 Å². The zero-order valence-corrected chi connectivity index (χ0v) is 8.06. The van der Waals surface area contributed by atoms with E-state index in [9.17, 15) is 0 Å². The molecule has 0 aromatic rings. The second-order valence-corrected chi connectivity index (χ2v) is 6.89. The molecule has 0 rings (SSSR count). The van der Waals surface area contributed by atoms with Crippen LogP contribution in [0.2, 0.25) is 10.5 Å². The van der Waals surface area contributed by atoms with Crippen LogP contribution < -0.4 is 3.80 Å². The Bertz CT molecular complexity index is 67.9. The third kappa shape index (κ3) is 12.2. The molecule has 0 amide bonds. The molecule has 1 nitrogen and oxygen atoms in total. The standard InChI is InChI=1S/C4H10N.2CH3.H4Si.Ti/c1-4(2,3)5;;;;/h5H,1-3H3;2*1H3;1H4;/q-1;;;;+1. The molecule has 0 atom stereocenters. The topological polar surface area (TPSA) is 12.0 Å². The van der Waals surface area contributed by atoms with Crippen molar-refractivity contribution in [3.63, 3.8) is 0 Å². The van der Waals surface area contributed by atoms with Crippen LogP contribution in [-0.2, 0) is 18.1 Å². The van der Waals surface area contributed by atoms with Gasteiger partial charge >= 0.3 is 58.7 Å². The number of rotatable bonds is 1. The minimum atomic E-state index is -0.773. The fraction of sp³-hybridized carbons (Fsp3) is 1.00. The van der Waals surface area contributed by atoms with Gasteiger partial charge in [-0.25, -0.2) is 0 Å². The Morgan fingerprint density at radius 1 is 1.11 bits per heavy atom. The molecular formula is C6H20NSiTi. The summed E-state index contributed by atoms with van der Waals surface area (Å²) >= 11 is -0.773. The van der Waals surface area contributed by atoms with Crippen molar-refractivity contribution in [1.29, 1.82) is 0 Å². The first kappa shape index (κ1) is 12.6. The first-order valence-corrected chi connectivity index (χ1v) is 6.90. The number of nitrogens with one attached hydrogen (secondary N) is 1. The molecule has 57 valence electrons. The van der Waals surface area contributed by atoms with Crippen LogP contribution >= 0.6 is 0 Å². The van der Waals surface area contributed by atoms with Gasteiger partial charge in [-0.1, -0.05) is 0 Å². The average Bonchev–Trinajstić information content (AvgIpc) is 1.21. The van der Waals surface area contributed by atoms with E-state index in [1.54, 1.807) is 0 Å². The molecule has 0 unspecified atom stereocenters. The molecule has 0 spiro atoms. The summed E-state index contributed by atoms with van der Waals surface area (Å²) in [5.74, 6) is 0. The van der Waals surface area contributed by atoms with Crippen LogP contribution in [0.5, 0.6) is 0 Å². The van der Waals surface area contributed by atoms with E-state index in [1.165, 1.54) is 0 Å². The third-order valence-electron chi connectivity index (χ3n) is 0.625. The van der Waals surface area contributed by atoms with Crippen LogP contribution in [0.15, 0.2) is 0 Å². The minimum absolute atomic E-state index is 0. The maximum absolute atomic E-state index is 3.55. The Balaban J connectivity index is 0. The first-order valence-electron chi connectivity index (χ1n) is 3.00. The molecular weight excluding hydrogens is 162 g/mol. The summed E-state index contributed by atoms with van der Waals surface area (Å²) in [6, 6.07) is 0. The predicted octanol–water partition coefficient (Wildman–Crippen LogP) is 0.552. The number of hydrogen-bond donors (Lipinski definition) is 1. The van der Waals surface area contributed by atoms with Crippen molar-refractivity contribution in [3.05, 3.63) is 0 Å². The molecule has 3 heteroatoms. The molecule has 0 saturated carbocycles. The van der Waals surface area contributed by atoms with Crippen molar-refractivity contribution < 1.29 is 18.1 Å². The maximum atomic E-state index is 3.55. The van der Waals surface area contributed by atoms with Gasteiger partial charge in [-0.05, 0) is 11.0 Å². The summed E-state index contributed by atoms with van der Waals surface area (Å²) in [6.07, 6.45) is 0. The molecule has 0 saturated heterocycles. The second kappa shape index (κ2) is 4.67. The van der Waals surface area contributed by atoms with Crippen LogP contribution in [0, 0.1) is 0 Å². The molecule has 0 aromatic carbocycles. The van der Waals surface area contributed by atoms with Gasteiger partial charge < -0.3 is 0 Å². The summed E-state index contributed by atoms with van der Waals surface area (Å²) < 4.78 is 3.55. The van der Waals surface area contributed by atoms with Gasteiger partial charge in [-0.3, -0.25) is 0 Å². The molecule has 0 aromatic heterocycles.